The van der Waals surface area contributed by atoms with Gasteiger partial charge in [-0.05, 0) is 37.1 Å². The van der Waals surface area contributed by atoms with Crippen molar-refractivity contribution in [2.45, 2.75) is 20.0 Å². The average molecular weight is 246 g/mol. The summed E-state index contributed by atoms with van der Waals surface area (Å²) in [6.07, 6.45) is 1.92. The molecule has 0 saturated heterocycles. The van der Waals surface area contributed by atoms with E-state index in [0.717, 1.165) is 17.4 Å². The van der Waals surface area contributed by atoms with Gasteiger partial charge in [0.05, 0.1) is 6.61 Å². The van der Waals surface area contributed by atoms with Crippen molar-refractivity contribution in [3.05, 3.63) is 36.0 Å². The van der Waals surface area contributed by atoms with Gasteiger partial charge in [0.15, 0.2) is 0 Å². The lowest BCUT2D eigenvalue weighted by Crippen LogP contribution is -2.12. The highest BCUT2D eigenvalue weighted by Gasteiger charge is 2.07. The Kier molecular flexibility index (Phi) is 3.99. The summed E-state index contributed by atoms with van der Waals surface area (Å²) in [4.78, 5) is 11.5. The van der Waals surface area contributed by atoms with Crippen LogP contribution in [0.4, 0.5) is 0 Å². The summed E-state index contributed by atoms with van der Waals surface area (Å²) in [5.74, 6) is -0.200. The van der Waals surface area contributed by atoms with Gasteiger partial charge in [0.2, 0.25) is 0 Å². The van der Waals surface area contributed by atoms with E-state index in [1.54, 1.807) is 0 Å². The molecule has 18 heavy (non-hydrogen) atoms. The summed E-state index contributed by atoms with van der Waals surface area (Å²) < 4.78 is 6.89. The Bertz CT molecular complexity index is 546. The van der Waals surface area contributed by atoms with Gasteiger partial charge in [0, 0.05) is 18.3 Å². The summed E-state index contributed by atoms with van der Waals surface area (Å²) in [7, 11) is 1.92. The molecular weight excluding hydrogens is 228 g/mol. The second-order valence-corrected chi connectivity index (χ2v) is 4.17. The molecule has 0 spiro atoms. The molecular formula is C14H18N2O2. The van der Waals surface area contributed by atoms with Crippen LogP contribution in [0.25, 0.3) is 10.9 Å². The molecule has 0 amide bonds. The predicted octanol–water partition coefficient (Wildman–Crippen LogP) is 1.92. The number of nitrogens with zero attached hydrogens (tertiary/aromatic N) is 1. The maximum atomic E-state index is 11.5. The first-order valence-electron chi connectivity index (χ1n) is 6.12. The van der Waals surface area contributed by atoms with E-state index in [0.29, 0.717) is 6.61 Å². The first-order chi connectivity index (χ1) is 8.74. The summed E-state index contributed by atoms with van der Waals surface area (Å²) >= 11 is 0. The minimum absolute atomic E-state index is 0.200. The summed E-state index contributed by atoms with van der Waals surface area (Å²) in [5.41, 5.74) is 2.27. The summed E-state index contributed by atoms with van der Waals surface area (Å²) in [6.45, 7) is 3.32. The minimum Gasteiger partial charge on any atom is -0.465 e. The molecule has 96 valence electrons. The van der Waals surface area contributed by atoms with Crippen molar-refractivity contribution in [2.75, 3.05) is 13.7 Å². The molecule has 2 rings (SSSR count). The first-order valence-corrected chi connectivity index (χ1v) is 6.12. The molecule has 0 aliphatic rings. The number of carbonyl (C=O) groups is 1. The van der Waals surface area contributed by atoms with Crippen molar-refractivity contribution in [2.24, 2.45) is 0 Å². The first kappa shape index (κ1) is 12.6. The molecule has 1 N–H and O–H groups in total. The van der Waals surface area contributed by atoms with Crippen LogP contribution >= 0.6 is 0 Å². The number of carbonyl (C=O) groups excluding carboxylic acids is 1. The van der Waals surface area contributed by atoms with E-state index in [1.165, 1.54) is 5.56 Å². The summed E-state index contributed by atoms with van der Waals surface area (Å²) in [6, 6.07) is 8.28. The molecule has 4 heteroatoms. The lowest BCUT2D eigenvalue weighted by atomic mass is 10.1. The van der Waals surface area contributed by atoms with E-state index in [-0.39, 0.29) is 12.5 Å². The smallest absolute Gasteiger partial charge is 0.325 e. The third-order valence-electron chi connectivity index (χ3n) is 2.82. The fourth-order valence-corrected chi connectivity index (χ4v) is 2.03. The molecule has 0 aliphatic heterocycles. The number of esters is 1. The van der Waals surface area contributed by atoms with Crippen molar-refractivity contribution in [3.8, 4) is 0 Å². The van der Waals surface area contributed by atoms with E-state index in [9.17, 15) is 4.79 Å². The number of ether oxygens (including phenoxy) is 1. The number of hydrogen-bond donors (Lipinski definition) is 1. The van der Waals surface area contributed by atoms with Gasteiger partial charge in [-0.3, -0.25) is 4.79 Å². The Balaban J connectivity index is 2.27. The Morgan fingerprint density at radius 3 is 2.94 bits per heavy atom. The number of nitrogens with one attached hydrogen (secondary N) is 1. The zero-order valence-corrected chi connectivity index (χ0v) is 10.8. The van der Waals surface area contributed by atoms with Gasteiger partial charge < -0.3 is 14.6 Å². The van der Waals surface area contributed by atoms with Crippen LogP contribution in [0.1, 0.15) is 12.5 Å². The Labute approximate surface area is 107 Å². The molecule has 0 saturated carbocycles. The van der Waals surface area contributed by atoms with Gasteiger partial charge in [0.1, 0.15) is 6.54 Å². The number of rotatable bonds is 5. The van der Waals surface area contributed by atoms with Gasteiger partial charge in [-0.1, -0.05) is 12.1 Å². The van der Waals surface area contributed by atoms with E-state index in [2.05, 4.69) is 23.5 Å². The molecule has 1 heterocycles. The zero-order valence-electron chi connectivity index (χ0n) is 10.8. The highest BCUT2D eigenvalue weighted by Crippen LogP contribution is 2.17. The molecule has 0 atom stereocenters. The van der Waals surface area contributed by atoms with Crippen molar-refractivity contribution in [3.63, 3.8) is 0 Å². The molecule has 0 aliphatic carbocycles. The lowest BCUT2D eigenvalue weighted by molar-refractivity contribution is -0.143. The third-order valence-corrected chi connectivity index (χ3v) is 2.82. The van der Waals surface area contributed by atoms with Crippen LogP contribution in [0.2, 0.25) is 0 Å². The average Bonchev–Trinajstić information content (AvgIpc) is 2.73. The minimum atomic E-state index is -0.200. The van der Waals surface area contributed by atoms with Gasteiger partial charge in [-0.25, -0.2) is 0 Å². The normalized spacial score (nSPS) is 10.8. The molecule has 1 aromatic heterocycles. The number of hydrogen-bond acceptors (Lipinski definition) is 3. The van der Waals surface area contributed by atoms with Gasteiger partial charge in [-0.2, -0.15) is 0 Å². The van der Waals surface area contributed by atoms with Gasteiger partial charge in [0.25, 0.3) is 0 Å². The molecule has 1 aromatic carbocycles. The van der Waals surface area contributed by atoms with E-state index >= 15 is 0 Å². The molecule has 0 radical (unpaired) electrons. The van der Waals surface area contributed by atoms with Crippen LogP contribution in [-0.2, 0) is 22.6 Å². The quantitative estimate of drug-likeness (QED) is 0.820. The SMILES string of the molecule is CCOC(=O)Cn1ccc2ccc(CNC)cc21. The van der Waals surface area contributed by atoms with Crippen molar-refractivity contribution < 1.29 is 9.53 Å². The maximum absolute atomic E-state index is 11.5. The monoisotopic (exact) mass is 246 g/mol. The van der Waals surface area contributed by atoms with Gasteiger partial charge >= 0.3 is 5.97 Å². The standard InChI is InChI=1S/C14H18N2O2/c1-3-18-14(17)10-16-7-6-12-5-4-11(9-15-2)8-13(12)16/h4-8,15H,3,9-10H2,1-2H3. The maximum Gasteiger partial charge on any atom is 0.325 e. The Morgan fingerprint density at radius 1 is 1.39 bits per heavy atom. The fourth-order valence-electron chi connectivity index (χ4n) is 2.03. The highest BCUT2D eigenvalue weighted by molar-refractivity contribution is 5.82. The Morgan fingerprint density at radius 2 is 2.22 bits per heavy atom. The number of aromatic nitrogens is 1. The van der Waals surface area contributed by atoms with Crippen molar-refractivity contribution in [1.82, 2.24) is 9.88 Å². The molecule has 4 nitrogen and oxygen atoms in total. The van der Waals surface area contributed by atoms with Crippen LogP contribution in [0.5, 0.6) is 0 Å². The third kappa shape index (κ3) is 2.71. The van der Waals surface area contributed by atoms with Crippen LogP contribution in [0.15, 0.2) is 30.5 Å². The van der Waals surface area contributed by atoms with Crippen molar-refractivity contribution >= 4 is 16.9 Å². The van der Waals surface area contributed by atoms with Crippen LogP contribution in [0, 0.1) is 0 Å². The van der Waals surface area contributed by atoms with Crippen LogP contribution < -0.4 is 5.32 Å². The predicted molar refractivity (Wildman–Crippen MR) is 71.3 cm³/mol. The Hall–Kier alpha value is -1.81. The zero-order chi connectivity index (χ0) is 13.0. The number of benzene rings is 1. The molecule has 0 fully saturated rings. The lowest BCUT2D eigenvalue weighted by Gasteiger charge is -2.06. The highest BCUT2D eigenvalue weighted by atomic mass is 16.5. The fraction of sp³-hybridized carbons (Fsp3) is 0.357. The van der Waals surface area contributed by atoms with Crippen LogP contribution in [-0.4, -0.2) is 24.2 Å². The largest absolute Gasteiger partial charge is 0.465 e. The second kappa shape index (κ2) is 5.69. The molecule has 0 unspecified atom stereocenters. The number of fused-ring (bicyclic) bond motifs is 1. The molecule has 0 bridgehead atoms. The molecule has 2 aromatic rings. The topological polar surface area (TPSA) is 43.3 Å². The van der Waals surface area contributed by atoms with E-state index < -0.39 is 0 Å². The second-order valence-electron chi connectivity index (χ2n) is 4.17. The summed E-state index contributed by atoms with van der Waals surface area (Å²) in [5, 5.41) is 4.26. The van der Waals surface area contributed by atoms with E-state index in [4.69, 9.17) is 4.74 Å². The van der Waals surface area contributed by atoms with Crippen LogP contribution in [0.3, 0.4) is 0 Å². The van der Waals surface area contributed by atoms with E-state index in [1.807, 2.05) is 30.8 Å². The van der Waals surface area contributed by atoms with Crippen molar-refractivity contribution in [1.29, 1.82) is 0 Å². The van der Waals surface area contributed by atoms with Gasteiger partial charge in [-0.15, -0.1) is 0 Å².